The highest BCUT2D eigenvalue weighted by Gasteiger charge is 2.95. The SMILES string of the molecule is CC1=C[C@H]2c3c(n(S(=O)(=O)c4cccc(C(F)(F)C(F)(F)C(F)(F)C(F)(F)C(F)(F)C(F)(F)C(F)(F)C(F)(F)F)c4)c4ccccc34)[C@H](c3c[nH]c4ccccc34)[C@H]2C(C)(C)C1. The van der Waals surface area contributed by atoms with Crippen LogP contribution in [0.25, 0.3) is 21.8 Å². The van der Waals surface area contributed by atoms with Crippen LogP contribution < -0.4 is 0 Å². The van der Waals surface area contributed by atoms with Crippen molar-refractivity contribution in [3.05, 3.63) is 113 Å². The minimum Gasteiger partial charge on any atom is -0.361 e. The zero-order valence-corrected chi connectivity index (χ0v) is 32.4. The van der Waals surface area contributed by atoms with Gasteiger partial charge in [0.25, 0.3) is 10.0 Å². The molecule has 5 aromatic rings. The molecule has 22 heteroatoms. The van der Waals surface area contributed by atoms with Crippen LogP contribution in [0, 0.1) is 11.3 Å². The van der Waals surface area contributed by atoms with Crippen molar-refractivity contribution < 1.29 is 83.1 Å². The molecule has 0 amide bonds. The summed E-state index contributed by atoms with van der Waals surface area (Å²) in [5, 5.41) is 0.973. The minimum absolute atomic E-state index is 0.0671. The number of fused-ring (bicyclic) bond motifs is 6. The lowest BCUT2D eigenvalue weighted by molar-refractivity contribution is -0.462. The third-order valence-electron chi connectivity index (χ3n) is 11.8. The number of aromatic amines is 1. The number of nitrogens with zero attached hydrogens (tertiary/aromatic N) is 1. The average molecular weight is 925 g/mol. The molecule has 2 aliphatic carbocycles. The summed E-state index contributed by atoms with van der Waals surface area (Å²) in [6.45, 7) is 5.75. The number of allylic oxidation sites excluding steroid dienone is 2. The normalized spacial score (nSPS) is 20.7. The molecule has 0 saturated carbocycles. The van der Waals surface area contributed by atoms with Crippen LogP contribution in [0.15, 0.2) is 95.5 Å². The van der Waals surface area contributed by atoms with E-state index in [9.17, 15) is 65.5 Å². The van der Waals surface area contributed by atoms with E-state index in [0.717, 1.165) is 9.55 Å². The summed E-state index contributed by atoms with van der Waals surface area (Å²) in [6.07, 6.45) is -3.77. The Labute approximate surface area is 339 Å². The number of hydrogen-bond donors (Lipinski definition) is 1. The highest BCUT2D eigenvalue weighted by atomic mass is 32.2. The first-order valence-corrected chi connectivity index (χ1v) is 19.5. The molecule has 7 rings (SSSR count). The monoisotopic (exact) mass is 924 g/mol. The predicted molar refractivity (Wildman–Crippen MR) is 189 cm³/mol. The number of benzene rings is 3. The number of hydrogen-bond acceptors (Lipinski definition) is 2. The predicted octanol–water partition coefficient (Wildman–Crippen LogP) is 13.0. The van der Waals surface area contributed by atoms with Gasteiger partial charge in [-0.25, -0.2) is 12.4 Å². The fraction of sp³-hybridized carbons (Fsp3) is 0.400. The fourth-order valence-corrected chi connectivity index (χ4v) is 10.7. The van der Waals surface area contributed by atoms with Crippen molar-refractivity contribution in [2.75, 3.05) is 0 Å². The molecule has 0 radical (unpaired) electrons. The molecular weight excluding hydrogens is 895 g/mol. The molecule has 0 unspecified atom stereocenters. The second kappa shape index (κ2) is 13.4. The second-order valence-electron chi connectivity index (χ2n) is 16.1. The maximum absolute atomic E-state index is 15.6. The number of rotatable bonds is 10. The first-order chi connectivity index (χ1) is 28.1. The van der Waals surface area contributed by atoms with Gasteiger partial charge in [-0.3, -0.25) is 0 Å². The average Bonchev–Trinajstić information content (AvgIpc) is 3.84. The van der Waals surface area contributed by atoms with Crippen molar-refractivity contribution in [1.29, 1.82) is 0 Å². The van der Waals surface area contributed by atoms with Crippen LogP contribution >= 0.6 is 0 Å². The van der Waals surface area contributed by atoms with Gasteiger partial charge in [-0.15, -0.1) is 0 Å². The standard InChI is InChI=1S/C40H29F17N2O2S/c1-19-15-24-28-23-12-5-7-14-27(23)59(31(28)29(30(24)32(2,3)17-19)25-18-58-26-13-6-4-11-22(25)26)62(60,61)21-10-8-9-20(16-21)33(41,42)34(43,44)35(45,46)36(47,48)37(49,50)38(51,52)39(53,54)40(55,56)57/h4-16,18,24,29-30,58H,17H2,1-3H3/t24-,29+,30-/m0/s1. The summed E-state index contributed by atoms with van der Waals surface area (Å²) in [7, 11) is -5.42. The Hall–Kier alpha value is -4.76. The number of nitrogens with one attached hydrogen (secondary N) is 1. The van der Waals surface area contributed by atoms with E-state index in [1.54, 1.807) is 42.6 Å². The summed E-state index contributed by atoms with van der Waals surface area (Å²) in [4.78, 5) is 1.73. The molecule has 0 saturated heterocycles. The van der Waals surface area contributed by atoms with Crippen molar-refractivity contribution in [2.24, 2.45) is 11.3 Å². The van der Waals surface area contributed by atoms with Crippen LogP contribution in [0.1, 0.15) is 61.4 Å². The molecule has 3 aromatic carbocycles. The molecule has 4 nitrogen and oxygen atoms in total. The summed E-state index contributed by atoms with van der Waals surface area (Å²) < 4.78 is 271. The van der Waals surface area contributed by atoms with Crippen molar-refractivity contribution >= 4 is 31.8 Å². The zero-order valence-electron chi connectivity index (χ0n) is 31.6. The van der Waals surface area contributed by atoms with Crippen LogP contribution in [0.2, 0.25) is 0 Å². The van der Waals surface area contributed by atoms with Crippen LogP contribution in [-0.2, 0) is 15.9 Å². The fourth-order valence-electron chi connectivity index (χ4n) is 9.04. The van der Waals surface area contributed by atoms with E-state index in [1.165, 1.54) is 12.1 Å². The van der Waals surface area contributed by atoms with Crippen LogP contribution in [0.3, 0.4) is 0 Å². The first kappa shape index (κ1) is 45.3. The molecule has 0 fully saturated rings. The van der Waals surface area contributed by atoms with Crippen molar-refractivity contribution in [2.45, 2.75) is 91.6 Å². The van der Waals surface area contributed by atoms with Crippen molar-refractivity contribution in [3.63, 3.8) is 0 Å². The highest BCUT2D eigenvalue weighted by Crippen LogP contribution is 2.66. The quantitative estimate of drug-likeness (QED) is 0.112. The molecule has 0 bridgehead atoms. The molecule has 336 valence electrons. The Balaban J connectivity index is 1.40. The smallest absolute Gasteiger partial charge is 0.361 e. The van der Waals surface area contributed by atoms with Gasteiger partial charge in [-0.1, -0.05) is 74.0 Å². The van der Waals surface area contributed by atoms with E-state index in [1.807, 2.05) is 26.8 Å². The van der Waals surface area contributed by atoms with Gasteiger partial charge in [0.05, 0.1) is 10.4 Å². The lowest BCUT2D eigenvalue weighted by Crippen LogP contribution is -2.74. The Morgan fingerprint density at radius 3 is 1.79 bits per heavy atom. The zero-order chi connectivity index (χ0) is 46.4. The summed E-state index contributed by atoms with van der Waals surface area (Å²) in [5.74, 6) is -59.9. The number of halogens is 17. The van der Waals surface area contributed by atoms with Crippen molar-refractivity contribution in [3.8, 4) is 0 Å². The Bertz CT molecular complexity index is 2750. The van der Waals surface area contributed by atoms with Gasteiger partial charge >= 0.3 is 47.6 Å². The summed E-state index contributed by atoms with van der Waals surface area (Å²) >= 11 is 0. The summed E-state index contributed by atoms with van der Waals surface area (Å²) in [6, 6.07) is 12.8. The van der Waals surface area contributed by atoms with Gasteiger partial charge in [0, 0.05) is 45.6 Å². The van der Waals surface area contributed by atoms with E-state index in [4.69, 9.17) is 0 Å². The maximum atomic E-state index is 15.6. The van der Waals surface area contributed by atoms with E-state index < -0.39 is 97.4 Å². The van der Waals surface area contributed by atoms with E-state index in [-0.39, 0.29) is 23.3 Å². The van der Waals surface area contributed by atoms with Gasteiger partial charge in [0.15, 0.2) is 0 Å². The lowest BCUT2D eigenvalue weighted by atomic mass is 9.61. The molecular formula is C40H29F17N2O2S. The van der Waals surface area contributed by atoms with E-state index >= 15 is 17.6 Å². The van der Waals surface area contributed by atoms with Crippen LogP contribution in [0.4, 0.5) is 74.6 Å². The minimum atomic E-state index is -8.80. The van der Waals surface area contributed by atoms with E-state index in [0.29, 0.717) is 39.9 Å². The Kier molecular flexibility index (Phi) is 9.77. The Morgan fingerprint density at radius 1 is 0.661 bits per heavy atom. The highest BCUT2D eigenvalue weighted by molar-refractivity contribution is 7.90. The maximum Gasteiger partial charge on any atom is 0.460 e. The molecule has 0 spiro atoms. The molecule has 2 aromatic heterocycles. The van der Waals surface area contributed by atoms with Gasteiger partial charge < -0.3 is 4.98 Å². The summed E-state index contributed by atoms with van der Waals surface area (Å²) in [5.41, 5.74) is -0.633. The van der Waals surface area contributed by atoms with Gasteiger partial charge in [-0.05, 0) is 60.1 Å². The van der Waals surface area contributed by atoms with Crippen LogP contribution in [-0.4, -0.2) is 59.1 Å². The molecule has 1 N–H and O–H groups in total. The number of aromatic nitrogens is 2. The van der Waals surface area contributed by atoms with Gasteiger partial charge in [0.1, 0.15) is 0 Å². The van der Waals surface area contributed by atoms with E-state index in [2.05, 4.69) is 4.98 Å². The number of alkyl halides is 17. The third kappa shape index (κ3) is 5.74. The molecule has 62 heavy (non-hydrogen) atoms. The second-order valence-corrected chi connectivity index (χ2v) is 17.9. The molecule has 0 aliphatic heterocycles. The Morgan fingerprint density at radius 2 is 1.19 bits per heavy atom. The molecule has 2 heterocycles. The van der Waals surface area contributed by atoms with Crippen LogP contribution in [0.5, 0.6) is 0 Å². The van der Waals surface area contributed by atoms with Gasteiger partial charge in [0.2, 0.25) is 0 Å². The molecule has 3 atom stereocenters. The largest absolute Gasteiger partial charge is 0.460 e. The van der Waals surface area contributed by atoms with Crippen molar-refractivity contribution in [1.82, 2.24) is 8.96 Å². The topological polar surface area (TPSA) is 54.9 Å². The van der Waals surface area contributed by atoms with Gasteiger partial charge in [-0.2, -0.15) is 74.6 Å². The first-order valence-electron chi connectivity index (χ1n) is 18.1. The third-order valence-corrected chi connectivity index (χ3v) is 13.5. The lowest BCUT2D eigenvalue weighted by Gasteiger charge is -2.43. The number of H-pyrrole nitrogens is 1. The molecule has 2 aliphatic rings. The number of para-hydroxylation sites is 2.